The van der Waals surface area contributed by atoms with Crippen molar-refractivity contribution in [2.24, 2.45) is 0 Å². The molecule has 118 valence electrons. The zero-order valence-corrected chi connectivity index (χ0v) is 13.3. The van der Waals surface area contributed by atoms with Gasteiger partial charge in [0.1, 0.15) is 17.6 Å². The van der Waals surface area contributed by atoms with Gasteiger partial charge >= 0.3 is 0 Å². The number of aliphatic hydroxyl groups is 1. The molecule has 0 radical (unpaired) electrons. The molecule has 1 aromatic rings. The minimum absolute atomic E-state index is 0.370. The third-order valence-electron chi connectivity index (χ3n) is 3.80. The topological polar surface area (TPSA) is 49.8 Å². The summed E-state index contributed by atoms with van der Waals surface area (Å²) in [5.41, 5.74) is 0.945. The van der Waals surface area contributed by atoms with Crippen LogP contribution in [-0.4, -0.2) is 37.7 Å². The summed E-state index contributed by atoms with van der Waals surface area (Å²) in [5.74, 6) is 6.82. The molecule has 1 fully saturated rings. The van der Waals surface area contributed by atoms with Gasteiger partial charge in [0.2, 0.25) is 0 Å². The molecule has 0 unspecified atom stereocenters. The minimum Gasteiger partial charge on any atom is -0.491 e. The Labute approximate surface area is 132 Å². The zero-order chi connectivity index (χ0) is 16.0. The molecule has 1 aliphatic carbocycles. The highest BCUT2D eigenvalue weighted by Crippen LogP contribution is 2.30. The molecule has 0 bridgehead atoms. The number of hydrogen-bond acceptors (Lipinski definition) is 4. The smallest absolute Gasteiger partial charge is 0.142 e. The van der Waals surface area contributed by atoms with Crippen LogP contribution in [0.4, 0.5) is 5.69 Å². The van der Waals surface area contributed by atoms with E-state index >= 15 is 0 Å². The van der Waals surface area contributed by atoms with E-state index in [1.807, 2.05) is 37.2 Å². The van der Waals surface area contributed by atoms with Gasteiger partial charge in [-0.1, -0.05) is 11.8 Å². The number of benzene rings is 1. The molecule has 1 aliphatic rings. The fourth-order valence-corrected chi connectivity index (χ4v) is 2.56. The van der Waals surface area contributed by atoms with Crippen molar-refractivity contribution in [1.29, 1.82) is 0 Å². The van der Waals surface area contributed by atoms with Crippen molar-refractivity contribution in [3.63, 3.8) is 0 Å². The normalized spacial score (nSPS) is 15.8. The predicted molar refractivity (Wildman–Crippen MR) is 87.2 cm³/mol. The van der Waals surface area contributed by atoms with E-state index in [2.05, 4.69) is 11.8 Å². The van der Waals surface area contributed by atoms with Gasteiger partial charge in [-0.2, -0.15) is 0 Å². The summed E-state index contributed by atoms with van der Waals surface area (Å²) < 4.78 is 5.62. The summed E-state index contributed by atoms with van der Waals surface area (Å²) in [6.07, 6.45) is 4.81. The molecule has 0 aliphatic heterocycles. The Morgan fingerprint density at radius 2 is 2.09 bits per heavy atom. The summed E-state index contributed by atoms with van der Waals surface area (Å²) in [7, 11) is 3.87. The van der Waals surface area contributed by atoms with Crippen molar-refractivity contribution in [3.8, 4) is 17.6 Å². The van der Waals surface area contributed by atoms with E-state index in [0.29, 0.717) is 13.0 Å². The van der Waals surface area contributed by atoms with E-state index in [1.54, 1.807) is 0 Å². The predicted octanol–water partition coefficient (Wildman–Crippen LogP) is 2.38. The first-order valence-corrected chi connectivity index (χ1v) is 7.67. The maximum atomic E-state index is 10.4. The average molecular weight is 301 g/mol. The van der Waals surface area contributed by atoms with Gasteiger partial charge in [-0.3, -0.25) is 0 Å². The number of rotatable bonds is 5. The molecule has 0 aromatic heterocycles. The lowest BCUT2D eigenvalue weighted by molar-refractivity contribution is -0.108. The Kier molecular flexibility index (Phi) is 5.46. The molecule has 0 saturated heterocycles. The van der Waals surface area contributed by atoms with Gasteiger partial charge in [-0.25, -0.2) is 0 Å². The van der Waals surface area contributed by atoms with Gasteiger partial charge in [0, 0.05) is 26.1 Å². The number of aldehydes is 1. The van der Waals surface area contributed by atoms with E-state index in [-0.39, 0.29) is 0 Å². The maximum Gasteiger partial charge on any atom is 0.142 e. The van der Waals surface area contributed by atoms with E-state index < -0.39 is 5.60 Å². The quantitative estimate of drug-likeness (QED) is 0.515. The van der Waals surface area contributed by atoms with Crippen LogP contribution in [0.15, 0.2) is 18.2 Å². The van der Waals surface area contributed by atoms with Crippen molar-refractivity contribution in [2.45, 2.75) is 37.7 Å². The number of anilines is 1. The van der Waals surface area contributed by atoms with Crippen LogP contribution in [0.25, 0.3) is 0 Å². The van der Waals surface area contributed by atoms with Crippen LogP contribution in [0.3, 0.4) is 0 Å². The summed E-state index contributed by atoms with van der Waals surface area (Å²) in [6.45, 7) is 0.370. The van der Waals surface area contributed by atoms with E-state index in [9.17, 15) is 9.90 Å². The summed E-state index contributed by atoms with van der Waals surface area (Å²) in [6, 6.07) is 5.69. The van der Waals surface area contributed by atoms with Gasteiger partial charge in [0.25, 0.3) is 0 Å². The first-order chi connectivity index (χ1) is 10.5. The molecule has 4 heteroatoms. The first-order valence-electron chi connectivity index (χ1n) is 7.67. The molecule has 1 N–H and O–H groups in total. The zero-order valence-electron chi connectivity index (χ0n) is 13.3. The average Bonchev–Trinajstić information content (AvgIpc) is 2.93. The molecule has 4 nitrogen and oxygen atoms in total. The Morgan fingerprint density at radius 1 is 1.36 bits per heavy atom. The highest BCUT2D eigenvalue weighted by molar-refractivity contribution is 5.62. The second-order valence-corrected chi connectivity index (χ2v) is 5.87. The van der Waals surface area contributed by atoms with Crippen LogP contribution >= 0.6 is 0 Å². The van der Waals surface area contributed by atoms with Crippen molar-refractivity contribution >= 4 is 12.0 Å². The maximum absolute atomic E-state index is 10.4. The molecule has 1 saturated carbocycles. The van der Waals surface area contributed by atoms with Crippen LogP contribution in [0.2, 0.25) is 0 Å². The van der Waals surface area contributed by atoms with Crippen LogP contribution in [0, 0.1) is 11.8 Å². The van der Waals surface area contributed by atoms with Gasteiger partial charge in [0.05, 0.1) is 12.3 Å². The highest BCUT2D eigenvalue weighted by Gasteiger charge is 2.28. The van der Waals surface area contributed by atoms with Crippen LogP contribution in [0.5, 0.6) is 5.75 Å². The lowest BCUT2D eigenvalue weighted by Crippen LogP contribution is -2.20. The first kappa shape index (κ1) is 16.4. The Bertz CT molecular complexity index is 578. The van der Waals surface area contributed by atoms with Gasteiger partial charge in [-0.15, -0.1) is 0 Å². The van der Waals surface area contributed by atoms with E-state index in [4.69, 9.17) is 4.74 Å². The molecule has 0 amide bonds. The van der Waals surface area contributed by atoms with E-state index in [1.165, 1.54) is 0 Å². The summed E-state index contributed by atoms with van der Waals surface area (Å²) in [4.78, 5) is 12.3. The number of hydrogen-bond donors (Lipinski definition) is 1. The fraction of sp³-hybridized carbons (Fsp3) is 0.500. The lowest BCUT2D eigenvalue weighted by Gasteiger charge is -2.18. The molecule has 0 atom stereocenters. The molecular weight excluding hydrogens is 278 g/mol. The second-order valence-electron chi connectivity index (χ2n) is 5.87. The molecule has 0 spiro atoms. The van der Waals surface area contributed by atoms with Crippen molar-refractivity contribution in [1.82, 2.24) is 0 Å². The fourth-order valence-electron chi connectivity index (χ4n) is 2.56. The Morgan fingerprint density at radius 3 is 2.73 bits per heavy atom. The SMILES string of the molecule is CN(C)c1cc(C#CC2(O)CCCC2)ccc1OCCC=O. The Balaban J connectivity index is 2.18. The van der Waals surface area contributed by atoms with Gasteiger partial charge in [-0.05, 0) is 43.9 Å². The Hall–Kier alpha value is -1.99. The third kappa shape index (κ3) is 4.25. The largest absolute Gasteiger partial charge is 0.491 e. The number of nitrogens with zero attached hydrogens (tertiary/aromatic N) is 1. The van der Waals surface area contributed by atoms with Crippen LogP contribution in [-0.2, 0) is 4.79 Å². The summed E-state index contributed by atoms with van der Waals surface area (Å²) >= 11 is 0. The van der Waals surface area contributed by atoms with Crippen molar-refractivity contribution in [3.05, 3.63) is 23.8 Å². The minimum atomic E-state index is -0.822. The second kappa shape index (κ2) is 7.33. The van der Waals surface area contributed by atoms with Crippen LogP contribution in [0.1, 0.15) is 37.7 Å². The monoisotopic (exact) mass is 301 g/mol. The van der Waals surface area contributed by atoms with E-state index in [0.717, 1.165) is 49.0 Å². The van der Waals surface area contributed by atoms with Gasteiger partial charge in [0.15, 0.2) is 0 Å². The molecule has 22 heavy (non-hydrogen) atoms. The van der Waals surface area contributed by atoms with Crippen LogP contribution < -0.4 is 9.64 Å². The highest BCUT2D eigenvalue weighted by atomic mass is 16.5. The molecule has 1 aromatic carbocycles. The van der Waals surface area contributed by atoms with Crippen molar-refractivity contribution < 1.29 is 14.6 Å². The molecular formula is C18H23NO3. The van der Waals surface area contributed by atoms with Gasteiger partial charge < -0.3 is 19.5 Å². The van der Waals surface area contributed by atoms with Crippen molar-refractivity contribution in [2.75, 3.05) is 25.6 Å². The third-order valence-corrected chi connectivity index (χ3v) is 3.80. The lowest BCUT2D eigenvalue weighted by atomic mass is 10.0. The molecule has 2 rings (SSSR count). The number of ether oxygens (including phenoxy) is 1. The number of carbonyl (C=O) groups is 1. The molecule has 0 heterocycles. The number of carbonyl (C=O) groups excluding carboxylic acids is 1. The summed E-state index contributed by atoms with van der Waals surface area (Å²) in [5, 5.41) is 10.3. The standard InChI is InChI=1S/C18H23NO3/c1-19(2)16-14-15(6-7-17(16)22-13-5-12-20)8-11-18(21)9-3-4-10-18/h6-7,12,14,21H,3-5,9-10,13H2,1-2H3.